The van der Waals surface area contributed by atoms with Gasteiger partial charge in [-0.05, 0) is 6.42 Å². The second kappa shape index (κ2) is 3.37. The van der Waals surface area contributed by atoms with E-state index in [1.165, 1.54) is 6.08 Å². The van der Waals surface area contributed by atoms with E-state index in [0.717, 1.165) is 0 Å². The average molecular weight is 143 g/mol. The molecule has 0 aliphatic carbocycles. The molecule has 1 atom stereocenters. The van der Waals surface area contributed by atoms with Gasteiger partial charge in [0, 0.05) is 6.42 Å². The second-order valence-corrected chi connectivity index (χ2v) is 2.24. The Morgan fingerprint density at radius 2 is 2.40 bits per heavy atom. The minimum atomic E-state index is -1.39. The monoisotopic (exact) mass is 143 g/mol. The first kappa shape index (κ1) is 9.17. The molecule has 0 aliphatic heterocycles. The van der Waals surface area contributed by atoms with Gasteiger partial charge in [-0.15, -0.1) is 6.58 Å². The molecular formula is C7H13NO2. The van der Waals surface area contributed by atoms with Crippen LogP contribution in [0.2, 0.25) is 0 Å². The normalized spacial score (nSPS) is 15.8. The maximum atomic E-state index is 10.6. The van der Waals surface area contributed by atoms with E-state index < -0.39 is 11.5 Å². The smallest absolute Gasteiger partial charge is 0.249 e. The van der Waals surface area contributed by atoms with Crippen LogP contribution in [-0.2, 0) is 4.79 Å². The van der Waals surface area contributed by atoms with Gasteiger partial charge in [-0.25, -0.2) is 0 Å². The average Bonchev–Trinajstić information content (AvgIpc) is 1.88. The highest BCUT2D eigenvalue weighted by molar-refractivity contribution is 5.83. The van der Waals surface area contributed by atoms with Gasteiger partial charge in [0.05, 0.1) is 0 Å². The molecule has 0 rings (SSSR count). The summed E-state index contributed by atoms with van der Waals surface area (Å²) in [6.07, 6.45) is 2.03. The summed E-state index contributed by atoms with van der Waals surface area (Å²) in [6.45, 7) is 5.11. The molecule has 0 saturated carbocycles. The lowest BCUT2D eigenvalue weighted by Crippen LogP contribution is -2.42. The molecule has 0 unspecified atom stereocenters. The fourth-order valence-electron chi connectivity index (χ4n) is 0.658. The summed E-state index contributed by atoms with van der Waals surface area (Å²) in [5.41, 5.74) is 3.54. The van der Waals surface area contributed by atoms with E-state index in [4.69, 9.17) is 5.73 Å². The number of amides is 1. The lowest BCUT2D eigenvalue weighted by molar-refractivity contribution is -0.136. The van der Waals surface area contributed by atoms with E-state index in [1.54, 1.807) is 6.92 Å². The molecule has 0 aromatic carbocycles. The SMILES string of the molecule is C=CC[C@](O)(CC)C(N)=O. The van der Waals surface area contributed by atoms with E-state index in [-0.39, 0.29) is 6.42 Å². The minimum Gasteiger partial charge on any atom is -0.380 e. The van der Waals surface area contributed by atoms with Crippen molar-refractivity contribution in [2.75, 3.05) is 0 Å². The summed E-state index contributed by atoms with van der Waals surface area (Å²) in [6, 6.07) is 0. The molecule has 0 bridgehead atoms. The second-order valence-electron chi connectivity index (χ2n) is 2.24. The Balaban J connectivity index is 4.21. The van der Waals surface area contributed by atoms with E-state index in [2.05, 4.69) is 6.58 Å². The van der Waals surface area contributed by atoms with Gasteiger partial charge in [0.15, 0.2) is 0 Å². The van der Waals surface area contributed by atoms with Crippen molar-refractivity contribution < 1.29 is 9.90 Å². The highest BCUT2D eigenvalue weighted by Gasteiger charge is 2.29. The highest BCUT2D eigenvalue weighted by atomic mass is 16.3. The van der Waals surface area contributed by atoms with Gasteiger partial charge < -0.3 is 10.8 Å². The molecule has 0 aromatic rings. The standard InChI is InChI=1S/C7H13NO2/c1-3-5-7(10,4-2)6(8)9/h3,10H,1,4-5H2,2H3,(H2,8,9)/t7-/m1/s1. The molecule has 0 fully saturated rings. The number of carbonyl (C=O) groups excluding carboxylic acids is 1. The Morgan fingerprint density at radius 3 is 2.50 bits per heavy atom. The largest absolute Gasteiger partial charge is 0.380 e. The first-order valence-corrected chi connectivity index (χ1v) is 3.20. The zero-order valence-electron chi connectivity index (χ0n) is 6.13. The molecule has 0 spiro atoms. The lowest BCUT2D eigenvalue weighted by Gasteiger charge is -2.20. The van der Waals surface area contributed by atoms with Crippen LogP contribution in [0.25, 0.3) is 0 Å². The third-order valence-electron chi connectivity index (χ3n) is 1.53. The number of rotatable bonds is 4. The zero-order chi connectivity index (χ0) is 8.20. The molecule has 0 aliphatic rings. The zero-order valence-corrected chi connectivity index (χ0v) is 6.13. The molecule has 0 aromatic heterocycles. The van der Waals surface area contributed by atoms with Gasteiger partial charge in [0.1, 0.15) is 5.60 Å². The molecule has 3 heteroatoms. The van der Waals surface area contributed by atoms with Gasteiger partial charge in [-0.3, -0.25) is 4.79 Å². The van der Waals surface area contributed by atoms with Crippen molar-refractivity contribution in [3.63, 3.8) is 0 Å². The van der Waals surface area contributed by atoms with Crippen molar-refractivity contribution in [1.82, 2.24) is 0 Å². The predicted octanol–water partition coefficient (Wildman–Crippen LogP) is 0.189. The van der Waals surface area contributed by atoms with Crippen LogP contribution < -0.4 is 5.73 Å². The summed E-state index contributed by atoms with van der Waals surface area (Å²) in [4.78, 5) is 10.6. The van der Waals surface area contributed by atoms with Gasteiger partial charge in [-0.1, -0.05) is 13.0 Å². The Hall–Kier alpha value is -0.830. The fourth-order valence-corrected chi connectivity index (χ4v) is 0.658. The number of carbonyl (C=O) groups is 1. The Labute approximate surface area is 60.5 Å². The third-order valence-corrected chi connectivity index (χ3v) is 1.53. The van der Waals surface area contributed by atoms with E-state index in [0.29, 0.717) is 6.42 Å². The summed E-state index contributed by atoms with van der Waals surface area (Å²) in [7, 11) is 0. The highest BCUT2D eigenvalue weighted by Crippen LogP contribution is 2.13. The van der Waals surface area contributed by atoms with Crippen molar-refractivity contribution in [1.29, 1.82) is 0 Å². The Morgan fingerprint density at radius 1 is 1.90 bits per heavy atom. The van der Waals surface area contributed by atoms with Crippen LogP contribution in [-0.4, -0.2) is 16.6 Å². The molecule has 1 amide bonds. The summed E-state index contributed by atoms with van der Waals surface area (Å²) < 4.78 is 0. The Kier molecular flexibility index (Phi) is 3.09. The van der Waals surface area contributed by atoms with Crippen LogP contribution in [0.3, 0.4) is 0 Å². The van der Waals surface area contributed by atoms with Crippen LogP contribution in [0.4, 0.5) is 0 Å². The molecule has 0 saturated heterocycles. The van der Waals surface area contributed by atoms with Gasteiger partial charge >= 0.3 is 0 Å². The van der Waals surface area contributed by atoms with Gasteiger partial charge in [-0.2, -0.15) is 0 Å². The van der Waals surface area contributed by atoms with Gasteiger partial charge in [0.25, 0.3) is 0 Å². The fraction of sp³-hybridized carbons (Fsp3) is 0.571. The third kappa shape index (κ3) is 1.84. The van der Waals surface area contributed by atoms with E-state index in [9.17, 15) is 9.90 Å². The quantitative estimate of drug-likeness (QED) is 0.552. The topological polar surface area (TPSA) is 63.3 Å². The number of hydrogen-bond donors (Lipinski definition) is 2. The number of primary amides is 1. The molecule has 10 heavy (non-hydrogen) atoms. The Bertz CT molecular complexity index is 145. The summed E-state index contributed by atoms with van der Waals surface area (Å²) in [5, 5.41) is 9.35. The minimum absolute atomic E-state index is 0.221. The lowest BCUT2D eigenvalue weighted by atomic mass is 9.96. The predicted molar refractivity (Wildman–Crippen MR) is 39.2 cm³/mol. The molecule has 58 valence electrons. The number of aliphatic hydroxyl groups is 1. The summed E-state index contributed by atoms with van der Waals surface area (Å²) in [5.74, 6) is -0.685. The first-order chi connectivity index (χ1) is 4.56. The first-order valence-electron chi connectivity index (χ1n) is 3.20. The van der Waals surface area contributed by atoms with Crippen molar-refractivity contribution in [2.45, 2.75) is 25.4 Å². The number of hydrogen-bond acceptors (Lipinski definition) is 2. The van der Waals surface area contributed by atoms with Gasteiger partial charge in [0.2, 0.25) is 5.91 Å². The van der Waals surface area contributed by atoms with Crippen LogP contribution in [0, 0.1) is 0 Å². The molecule has 0 radical (unpaired) electrons. The molecule has 3 N–H and O–H groups in total. The van der Waals surface area contributed by atoms with Crippen molar-refractivity contribution in [2.24, 2.45) is 5.73 Å². The molecule has 3 nitrogen and oxygen atoms in total. The van der Waals surface area contributed by atoms with Crippen LogP contribution >= 0.6 is 0 Å². The van der Waals surface area contributed by atoms with E-state index in [1.807, 2.05) is 0 Å². The van der Waals surface area contributed by atoms with Crippen LogP contribution in [0.5, 0.6) is 0 Å². The van der Waals surface area contributed by atoms with Crippen LogP contribution in [0.1, 0.15) is 19.8 Å². The number of nitrogens with two attached hydrogens (primary N) is 1. The van der Waals surface area contributed by atoms with Crippen LogP contribution in [0.15, 0.2) is 12.7 Å². The molecule has 0 heterocycles. The van der Waals surface area contributed by atoms with Crippen molar-refractivity contribution in [3.05, 3.63) is 12.7 Å². The molecular weight excluding hydrogens is 130 g/mol. The van der Waals surface area contributed by atoms with Crippen molar-refractivity contribution >= 4 is 5.91 Å². The van der Waals surface area contributed by atoms with Crippen molar-refractivity contribution in [3.8, 4) is 0 Å². The maximum Gasteiger partial charge on any atom is 0.249 e. The summed E-state index contributed by atoms with van der Waals surface area (Å²) >= 11 is 0. The maximum absolute atomic E-state index is 10.6. The van der Waals surface area contributed by atoms with E-state index >= 15 is 0 Å².